The number of H-pyrrole nitrogens is 1. The summed E-state index contributed by atoms with van der Waals surface area (Å²) >= 11 is 1.89. The number of hydrogen-bond donors (Lipinski definition) is 2. The standard InChI is InChI=1S/C11H19N3S.ClH/c1-4-6-15-7-5-12-8-11-9(2)13-14-10(11)3;/h4,12H,1,5-8H2,2-3H3,(H,13,14);1H. The zero-order valence-electron chi connectivity index (χ0n) is 9.88. The van der Waals surface area contributed by atoms with Gasteiger partial charge in [-0.1, -0.05) is 6.08 Å². The Kier molecular flexibility index (Phi) is 8.43. The molecule has 3 nitrogen and oxygen atoms in total. The normalized spacial score (nSPS) is 9.88. The molecule has 92 valence electrons. The molecule has 0 aromatic carbocycles. The van der Waals surface area contributed by atoms with Gasteiger partial charge in [0.15, 0.2) is 0 Å². The second-order valence-corrected chi connectivity index (χ2v) is 4.60. The van der Waals surface area contributed by atoms with Crippen molar-refractivity contribution in [3.8, 4) is 0 Å². The third-order valence-electron chi connectivity index (χ3n) is 2.24. The summed E-state index contributed by atoms with van der Waals surface area (Å²) in [5, 5.41) is 10.6. The van der Waals surface area contributed by atoms with Crippen LogP contribution < -0.4 is 5.32 Å². The first-order valence-corrected chi connectivity index (χ1v) is 6.31. The molecule has 2 N–H and O–H groups in total. The molecule has 0 unspecified atom stereocenters. The molecule has 0 bridgehead atoms. The SMILES string of the molecule is C=CCSCCNCc1c(C)n[nH]c1C.Cl. The molecule has 1 aromatic heterocycles. The Morgan fingerprint density at radius 1 is 1.50 bits per heavy atom. The Morgan fingerprint density at radius 2 is 2.25 bits per heavy atom. The number of nitrogens with zero attached hydrogens (tertiary/aromatic N) is 1. The maximum Gasteiger partial charge on any atom is 0.0638 e. The summed E-state index contributed by atoms with van der Waals surface area (Å²) < 4.78 is 0. The highest BCUT2D eigenvalue weighted by molar-refractivity contribution is 7.99. The number of hydrogen-bond acceptors (Lipinski definition) is 3. The number of thioether (sulfide) groups is 1. The van der Waals surface area contributed by atoms with Gasteiger partial charge in [-0.25, -0.2) is 0 Å². The fourth-order valence-corrected chi connectivity index (χ4v) is 1.98. The summed E-state index contributed by atoms with van der Waals surface area (Å²) in [6.07, 6.45) is 1.94. The van der Waals surface area contributed by atoms with Crippen molar-refractivity contribution in [2.45, 2.75) is 20.4 Å². The monoisotopic (exact) mass is 261 g/mol. The van der Waals surface area contributed by atoms with E-state index in [2.05, 4.69) is 29.0 Å². The van der Waals surface area contributed by atoms with Gasteiger partial charge in [0.2, 0.25) is 0 Å². The van der Waals surface area contributed by atoms with Gasteiger partial charge in [-0.3, -0.25) is 5.10 Å². The van der Waals surface area contributed by atoms with Crippen LogP contribution in [-0.4, -0.2) is 28.2 Å². The van der Waals surface area contributed by atoms with Gasteiger partial charge in [0.1, 0.15) is 0 Å². The van der Waals surface area contributed by atoms with Crippen LogP contribution in [0, 0.1) is 13.8 Å². The van der Waals surface area contributed by atoms with Crippen LogP contribution in [0.2, 0.25) is 0 Å². The lowest BCUT2D eigenvalue weighted by molar-refractivity contribution is 0.726. The highest BCUT2D eigenvalue weighted by Crippen LogP contribution is 2.08. The van der Waals surface area contributed by atoms with E-state index in [0.29, 0.717) is 0 Å². The van der Waals surface area contributed by atoms with Crippen LogP contribution in [0.3, 0.4) is 0 Å². The zero-order chi connectivity index (χ0) is 11.1. The van der Waals surface area contributed by atoms with E-state index >= 15 is 0 Å². The highest BCUT2D eigenvalue weighted by atomic mass is 35.5. The average molecular weight is 262 g/mol. The van der Waals surface area contributed by atoms with Crippen LogP contribution in [0.1, 0.15) is 17.0 Å². The second-order valence-electron chi connectivity index (χ2n) is 3.45. The summed E-state index contributed by atoms with van der Waals surface area (Å²) in [6, 6.07) is 0. The average Bonchev–Trinajstić information content (AvgIpc) is 2.54. The molecule has 5 heteroatoms. The number of aromatic amines is 1. The molecule has 0 spiro atoms. The molecule has 0 aliphatic heterocycles. The number of aromatic nitrogens is 2. The molecule has 0 atom stereocenters. The molecule has 0 radical (unpaired) electrons. The second kappa shape index (κ2) is 8.67. The van der Waals surface area contributed by atoms with Crippen molar-refractivity contribution in [2.24, 2.45) is 0 Å². The van der Waals surface area contributed by atoms with Crippen molar-refractivity contribution in [2.75, 3.05) is 18.1 Å². The first-order valence-electron chi connectivity index (χ1n) is 5.15. The summed E-state index contributed by atoms with van der Waals surface area (Å²) in [4.78, 5) is 0. The smallest absolute Gasteiger partial charge is 0.0638 e. The number of rotatable bonds is 7. The number of nitrogens with one attached hydrogen (secondary N) is 2. The number of aryl methyl sites for hydroxylation is 2. The Hall–Kier alpha value is -0.450. The fourth-order valence-electron chi connectivity index (χ4n) is 1.36. The van der Waals surface area contributed by atoms with Crippen LogP contribution >= 0.6 is 24.2 Å². The van der Waals surface area contributed by atoms with Crippen molar-refractivity contribution < 1.29 is 0 Å². The third kappa shape index (κ3) is 5.05. The maximum absolute atomic E-state index is 4.16. The van der Waals surface area contributed by atoms with Crippen LogP contribution in [0.4, 0.5) is 0 Å². The molecule has 16 heavy (non-hydrogen) atoms. The van der Waals surface area contributed by atoms with Gasteiger partial charge in [-0.15, -0.1) is 19.0 Å². The Bertz CT molecular complexity index is 293. The fraction of sp³-hybridized carbons (Fsp3) is 0.545. The van der Waals surface area contributed by atoms with E-state index in [-0.39, 0.29) is 12.4 Å². The molecule has 0 fully saturated rings. The van der Waals surface area contributed by atoms with E-state index in [0.717, 1.165) is 30.3 Å². The lowest BCUT2D eigenvalue weighted by Gasteiger charge is -2.04. The Morgan fingerprint density at radius 3 is 2.81 bits per heavy atom. The highest BCUT2D eigenvalue weighted by Gasteiger charge is 2.04. The van der Waals surface area contributed by atoms with E-state index in [4.69, 9.17) is 0 Å². The first-order chi connectivity index (χ1) is 7.25. The van der Waals surface area contributed by atoms with Gasteiger partial charge < -0.3 is 5.32 Å². The zero-order valence-corrected chi connectivity index (χ0v) is 11.5. The van der Waals surface area contributed by atoms with Crippen LogP contribution in [0.5, 0.6) is 0 Å². The molecule has 1 heterocycles. The van der Waals surface area contributed by atoms with Crippen molar-refractivity contribution in [1.82, 2.24) is 15.5 Å². The van der Waals surface area contributed by atoms with Crippen molar-refractivity contribution >= 4 is 24.2 Å². The lowest BCUT2D eigenvalue weighted by Crippen LogP contribution is -2.17. The minimum absolute atomic E-state index is 0. The summed E-state index contributed by atoms with van der Waals surface area (Å²) in [6.45, 7) is 9.72. The molecule has 0 amide bonds. The Labute approximate surface area is 108 Å². The summed E-state index contributed by atoms with van der Waals surface area (Å²) in [5.41, 5.74) is 3.56. The third-order valence-corrected chi connectivity index (χ3v) is 3.21. The largest absolute Gasteiger partial charge is 0.312 e. The first kappa shape index (κ1) is 15.6. The van der Waals surface area contributed by atoms with Gasteiger partial charge in [0.25, 0.3) is 0 Å². The minimum Gasteiger partial charge on any atom is -0.312 e. The summed E-state index contributed by atoms with van der Waals surface area (Å²) in [5.74, 6) is 2.16. The topological polar surface area (TPSA) is 40.7 Å². The van der Waals surface area contributed by atoms with Gasteiger partial charge in [0.05, 0.1) is 5.69 Å². The quantitative estimate of drug-likeness (QED) is 0.585. The number of halogens is 1. The van der Waals surface area contributed by atoms with Crippen molar-refractivity contribution in [1.29, 1.82) is 0 Å². The molecule has 0 aliphatic carbocycles. The van der Waals surface area contributed by atoms with E-state index < -0.39 is 0 Å². The molecular formula is C11H20ClN3S. The van der Waals surface area contributed by atoms with E-state index in [1.54, 1.807) is 0 Å². The predicted molar refractivity (Wildman–Crippen MR) is 74.5 cm³/mol. The van der Waals surface area contributed by atoms with Crippen LogP contribution in [0.25, 0.3) is 0 Å². The molecular weight excluding hydrogens is 242 g/mol. The molecule has 0 aliphatic rings. The van der Waals surface area contributed by atoms with Crippen molar-refractivity contribution in [3.63, 3.8) is 0 Å². The van der Waals surface area contributed by atoms with Crippen LogP contribution in [-0.2, 0) is 6.54 Å². The van der Waals surface area contributed by atoms with Gasteiger partial charge in [0, 0.05) is 35.9 Å². The molecule has 1 aromatic rings. The van der Waals surface area contributed by atoms with E-state index in [1.165, 1.54) is 11.3 Å². The van der Waals surface area contributed by atoms with E-state index in [9.17, 15) is 0 Å². The van der Waals surface area contributed by atoms with Crippen molar-refractivity contribution in [3.05, 3.63) is 29.6 Å². The lowest BCUT2D eigenvalue weighted by atomic mass is 10.2. The van der Waals surface area contributed by atoms with Gasteiger partial charge in [-0.05, 0) is 13.8 Å². The summed E-state index contributed by atoms with van der Waals surface area (Å²) in [7, 11) is 0. The molecule has 0 saturated heterocycles. The minimum atomic E-state index is 0. The van der Waals surface area contributed by atoms with Gasteiger partial charge in [-0.2, -0.15) is 16.9 Å². The predicted octanol–water partition coefficient (Wildman–Crippen LogP) is 2.46. The Balaban J connectivity index is 0.00000225. The molecule has 1 rings (SSSR count). The van der Waals surface area contributed by atoms with Crippen LogP contribution in [0.15, 0.2) is 12.7 Å². The maximum atomic E-state index is 4.16. The van der Waals surface area contributed by atoms with Gasteiger partial charge >= 0.3 is 0 Å². The van der Waals surface area contributed by atoms with E-state index in [1.807, 2.05) is 24.8 Å². The molecule has 0 saturated carbocycles.